The molecule has 4 nitrogen and oxygen atoms in total. The van der Waals surface area contributed by atoms with Gasteiger partial charge in [-0.05, 0) is 25.5 Å². The quantitative estimate of drug-likeness (QED) is 0.748. The van der Waals surface area contributed by atoms with Gasteiger partial charge < -0.3 is 4.74 Å². The third-order valence-corrected chi connectivity index (χ3v) is 3.17. The summed E-state index contributed by atoms with van der Waals surface area (Å²) in [5.74, 6) is 0. The zero-order valence-corrected chi connectivity index (χ0v) is 10.4. The number of rotatable bonds is 2. The molecule has 0 aromatic heterocycles. The van der Waals surface area contributed by atoms with Crippen LogP contribution >= 0.6 is 0 Å². The Bertz CT molecular complexity index is 530. The number of benzene rings is 1. The van der Waals surface area contributed by atoms with E-state index in [-0.39, 0.29) is 0 Å². The molecule has 1 atom stereocenters. The SMILES string of the molecule is CCC1(C)OC(=O)N(c2ccccc2)/C1=C/C#N. The predicted octanol–water partition coefficient (Wildman–Crippen LogP) is 3.22. The first-order chi connectivity index (χ1) is 8.62. The smallest absolute Gasteiger partial charge is 0.419 e. The van der Waals surface area contributed by atoms with Crippen molar-refractivity contribution < 1.29 is 9.53 Å². The van der Waals surface area contributed by atoms with E-state index in [0.717, 1.165) is 0 Å². The molecule has 1 saturated heterocycles. The summed E-state index contributed by atoms with van der Waals surface area (Å²) in [5, 5.41) is 8.89. The molecule has 18 heavy (non-hydrogen) atoms. The van der Waals surface area contributed by atoms with Gasteiger partial charge in [0.1, 0.15) is 0 Å². The number of para-hydroxylation sites is 1. The summed E-state index contributed by atoms with van der Waals surface area (Å²) < 4.78 is 5.40. The fourth-order valence-electron chi connectivity index (χ4n) is 1.98. The van der Waals surface area contributed by atoms with Crippen LogP contribution in [0.4, 0.5) is 10.5 Å². The maximum Gasteiger partial charge on any atom is 0.419 e. The second-order valence-electron chi connectivity index (χ2n) is 4.28. The maximum absolute atomic E-state index is 12.0. The van der Waals surface area contributed by atoms with Crippen LogP contribution < -0.4 is 4.90 Å². The molecule has 1 aromatic rings. The summed E-state index contributed by atoms with van der Waals surface area (Å²) in [7, 11) is 0. The Kier molecular flexibility index (Phi) is 3.07. The zero-order chi connectivity index (χ0) is 13.2. The Labute approximate surface area is 106 Å². The van der Waals surface area contributed by atoms with E-state index in [1.807, 2.05) is 50.2 Å². The van der Waals surface area contributed by atoms with Crippen LogP contribution in [0.1, 0.15) is 20.3 Å². The molecule has 4 heteroatoms. The first-order valence-corrected chi connectivity index (χ1v) is 5.81. The van der Waals surface area contributed by atoms with Crippen molar-refractivity contribution in [2.45, 2.75) is 25.9 Å². The molecule has 0 aliphatic carbocycles. The minimum atomic E-state index is -0.733. The molecule has 1 heterocycles. The molecule has 1 aliphatic rings. The van der Waals surface area contributed by atoms with Crippen LogP contribution in [0.2, 0.25) is 0 Å². The molecule has 92 valence electrons. The Hall–Kier alpha value is -2.28. The van der Waals surface area contributed by atoms with E-state index in [0.29, 0.717) is 17.8 Å². The summed E-state index contributed by atoms with van der Waals surface area (Å²) >= 11 is 0. The Morgan fingerprint density at radius 2 is 2.11 bits per heavy atom. The maximum atomic E-state index is 12.0. The van der Waals surface area contributed by atoms with E-state index in [9.17, 15) is 4.79 Å². The van der Waals surface area contributed by atoms with Gasteiger partial charge in [0.2, 0.25) is 0 Å². The topological polar surface area (TPSA) is 53.3 Å². The average molecular weight is 242 g/mol. The monoisotopic (exact) mass is 242 g/mol. The number of anilines is 1. The molecule has 1 unspecified atom stereocenters. The van der Waals surface area contributed by atoms with Crippen molar-refractivity contribution in [3.8, 4) is 6.07 Å². The molecule has 0 spiro atoms. The molecule has 0 N–H and O–H groups in total. The van der Waals surface area contributed by atoms with E-state index in [4.69, 9.17) is 10.00 Å². The largest absolute Gasteiger partial charge is 0.436 e. The number of amides is 1. The van der Waals surface area contributed by atoms with Gasteiger partial charge in [0.25, 0.3) is 0 Å². The van der Waals surface area contributed by atoms with Gasteiger partial charge >= 0.3 is 6.09 Å². The first-order valence-electron chi connectivity index (χ1n) is 5.81. The van der Waals surface area contributed by atoms with E-state index in [1.165, 1.54) is 11.0 Å². The van der Waals surface area contributed by atoms with Gasteiger partial charge in [-0.15, -0.1) is 0 Å². The van der Waals surface area contributed by atoms with Crippen LogP contribution in [0.3, 0.4) is 0 Å². The zero-order valence-electron chi connectivity index (χ0n) is 10.4. The lowest BCUT2D eigenvalue weighted by atomic mass is 9.98. The number of allylic oxidation sites excluding steroid dienone is 1. The van der Waals surface area contributed by atoms with Gasteiger partial charge in [-0.25, -0.2) is 9.69 Å². The van der Waals surface area contributed by atoms with Gasteiger partial charge in [-0.3, -0.25) is 0 Å². The standard InChI is InChI=1S/C14H14N2O2/c1-3-14(2)12(9-10-15)16(13(17)18-14)11-7-5-4-6-8-11/h4-9H,3H2,1-2H3/b12-9+. The Morgan fingerprint density at radius 3 is 2.67 bits per heavy atom. The number of carbonyl (C=O) groups is 1. The van der Waals surface area contributed by atoms with Crippen LogP contribution in [0.5, 0.6) is 0 Å². The van der Waals surface area contributed by atoms with E-state index in [2.05, 4.69) is 0 Å². The van der Waals surface area contributed by atoms with E-state index in [1.54, 1.807) is 0 Å². The number of hydrogen-bond acceptors (Lipinski definition) is 3. The number of cyclic esters (lactones) is 1. The second-order valence-corrected chi connectivity index (χ2v) is 4.28. The molecular formula is C14H14N2O2. The van der Waals surface area contributed by atoms with Crippen molar-refractivity contribution >= 4 is 11.8 Å². The van der Waals surface area contributed by atoms with Crippen molar-refractivity contribution in [3.63, 3.8) is 0 Å². The van der Waals surface area contributed by atoms with E-state index < -0.39 is 11.7 Å². The van der Waals surface area contributed by atoms with Crippen LogP contribution in [0.25, 0.3) is 0 Å². The molecule has 2 rings (SSSR count). The van der Waals surface area contributed by atoms with Gasteiger partial charge in [0.05, 0.1) is 17.5 Å². The highest BCUT2D eigenvalue weighted by atomic mass is 16.6. The number of nitrogens with zero attached hydrogens (tertiary/aromatic N) is 2. The first kappa shape index (κ1) is 12.2. The normalized spacial score (nSPS) is 25.1. The van der Waals surface area contributed by atoms with Gasteiger partial charge in [0.15, 0.2) is 5.60 Å². The molecule has 1 amide bonds. The fraction of sp³-hybridized carbons (Fsp3) is 0.286. The summed E-state index contributed by atoms with van der Waals surface area (Å²) in [4.78, 5) is 13.4. The number of ether oxygens (including phenoxy) is 1. The van der Waals surface area contributed by atoms with Crippen LogP contribution in [-0.4, -0.2) is 11.7 Å². The summed E-state index contributed by atoms with van der Waals surface area (Å²) in [6.45, 7) is 3.74. The van der Waals surface area contributed by atoms with Crippen LogP contribution in [0, 0.1) is 11.3 Å². The van der Waals surface area contributed by atoms with Crippen molar-refractivity contribution in [2.24, 2.45) is 0 Å². The molecule has 1 aromatic carbocycles. The van der Waals surface area contributed by atoms with Gasteiger partial charge in [-0.2, -0.15) is 5.26 Å². The summed E-state index contributed by atoms with van der Waals surface area (Å²) in [6.07, 6.45) is 1.56. The molecule has 1 aliphatic heterocycles. The lowest BCUT2D eigenvalue weighted by Gasteiger charge is -2.22. The van der Waals surface area contributed by atoms with Crippen molar-refractivity contribution in [2.75, 3.05) is 4.90 Å². The minimum Gasteiger partial charge on any atom is -0.436 e. The number of hydrogen-bond donors (Lipinski definition) is 0. The van der Waals surface area contributed by atoms with Gasteiger partial charge in [0, 0.05) is 6.08 Å². The van der Waals surface area contributed by atoms with Crippen LogP contribution in [0.15, 0.2) is 42.1 Å². The van der Waals surface area contributed by atoms with Gasteiger partial charge in [-0.1, -0.05) is 25.1 Å². The lowest BCUT2D eigenvalue weighted by Crippen LogP contribution is -2.28. The number of carbonyl (C=O) groups excluding carboxylic acids is 1. The molecule has 0 bridgehead atoms. The van der Waals surface area contributed by atoms with Crippen molar-refractivity contribution in [3.05, 3.63) is 42.1 Å². The average Bonchev–Trinajstić information content (AvgIpc) is 2.63. The highest BCUT2D eigenvalue weighted by Crippen LogP contribution is 2.38. The minimum absolute atomic E-state index is 0.438. The second kappa shape index (κ2) is 4.53. The Morgan fingerprint density at radius 1 is 1.44 bits per heavy atom. The predicted molar refractivity (Wildman–Crippen MR) is 67.8 cm³/mol. The number of nitriles is 1. The van der Waals surface area contributed by atoms with E-state index >= 15 is 0 Å². The lowest BCUT2D eigenvalue weighted by molar-refractivity contribution is 0.0821. The van der Waals surface area contributed by atoms with Crippen molar-refractivity contribution in [1.82, 2.24) is 0 Å². The third kappa shape index (κ3) is 1.84. The molecule has 1 fully saturated rings. The van der Waals surface area contributed by atoms with Crippen LogP contribution in [-0.2, 0) is 4.74 Å². The molecule has 0 radical (unpaired) electrons. The Balaban J connectivity index is 2.51. The fourth-order valence-corrected chi connectivity index (χ4v) is 1.98. The molecule has 0 saturated carbocycles. The summed E-state index contributed by atoms with van der Waals surface area (Å²) in [6, 6.07) is 11.2. The highest BCUT2D eigenvalue weighted by Gasteiger charge is 2.46. The third-order valence-electron chi connectivity index (χ3n) is 3.17. The summed E-state index contributed by atoms with van der Waals surface area (Å²) in [5.41, 5.74) is 0.563. The van der Waals surface area contributed by atoms with Crippen molar-refractivity contribution in [1.29, 1.82) is 5.26 Å². The highest BCUT2D eigenvalue weighted by molar-refractivity contribution is 5.95. The molecular weight excluding hydrogens is 228 g/mol.